The highest BCUT2D eigenvalue weighted by molar-refractivity contribution is 7.98. The van der Waals surface area contributed by atoms with E-state index in [1.54, 1.807) is 23.9 Å². The molecule has 0 spiro atoms. The largest absolute Gasteiger partial charge is 0.399 e. The van der Waals surface area contributed by atoms with Gasteiger partial charge in [0, 0.05) is 16.3 Å². The summed E-state index contributed by atoms with van der Waals surface area (Å²) in [5, 5.41) is 8.68. The lowest BCUT2D eigenvalue weighted by atomic mass is 10.1. The molecule has 4 heteroatoms. The van der Waals surface area contributed by atoms with Crippen LogP contribution in [0.25, 0.3) is 0 Å². The van der Waals surface area contributed by atoms with Crippen LogP contribution in [0, 0.1) is 24.1 Å². The van der Waals surface area contributed by atoms with Crippen molar-refractivity contribution in [2.75, 3.05) is 5.73 Å². The number of nitriles is 1. The molecule has 0 atom stereocenters. The van der Waals surface area contributed by atoms with Crippen molar-refractivity contribution in [2.24, 2.45) is 0 Å². The van der Waals surface area contributed by atoms with Gasteiger partial charge in [-0.15, -0.1) is 11.8 Å². The van der Waals surface area contributed by atoms with E-state index in [1.165, 1.54) is 6.07 Å². The van der Waals surface area contributed by atoms with Gasteiger partial charge in [0.25, 0.3) is 0 Å². The van der Waals surface area contributed by atoms with E-state index in [1.807, 2.05) is 31.2 Å². The van der Waals surface area contributed by atoms with E-state index >= 15 is 0 Å². The minimum atomic E-state index is -0.335. The van der Waals surface area contributed by atoms with Crippen molar-refractivity contribution in [1.29, 1.82) is 5.26 Å². The highest BCUT2D eigenvalue weighted by Crippen LogP contribution is 2.26. The predicted octanol–water partition coefficient (Wildman–Crippen LogP) is 3.88. The molecule has 96 valence electrons. The molecule has 0 aromatic heterocycles. The van der Waals surface area contributed by atoms with Gasteiger partial charge in [-0.2, -0.15) is 5.26 Å². The normalized spacial score (nSPS) is 10.2. The zero-order chi connectivity index (χ0) is 13.8. The maximum atomic E-state index is 13.7. The number of benzene rings is 2. The number of anilines is 1. The maximum absolute atomic E-state index is 13.7. The molecule has 2 nitrogen and oxygen atoms in total. The zero-order valence-electron chi connectivity index (χ0n) is 10.5. The number of nitrogen functional groups attached to an aromatic ring is 1. The molecule has 0 saturated heterocycles. The Morgan fingerprint density at radius 1 is 1.26 bits per heavy atom. The van der Waals surface area contributed by atoms with Crippen LogP contribution >= 0.6 is 11.8 Å². The van der Waals surface area contributed by atoms with Gasteiger partial charge in [0.15, 0.2) is 0 Å². The topological polar surface area (TPSA) is 49.8 Å². The highest BCUT2D eigenvalue weighted by atomic mass is 32.2. The molecular formula is C15H13FN2S. The molecule has 0 radical (unpaired) electrons. The van der Waals surface area contributed by atoms with Gasteiger partial charge in [-0.1, -0.05) is 6.07 Å². The van der Waals surface area contributed by atoms with Crippen LogP contribution in [-0.2, 0) is 5.75 Å². The Hall–Kier alpha value is -1.99. The summed E-state index contributed by atoms with van der Waals surface area (Å²) in [6.07, 6.45) is 0. The Labute approximate surface area is 116 Å². The second kappa shape index (κ2) is 5.77. The summed E-state index contributed by atoms with van der Waals surface area (Å²) in [6, 6.07) is 12.2. The van der Waals surface area contributed by atoms with Crippen molar-refractivity contribution < 1.29 is 4.39 Å². The first kappa shape index (κ1) is 13.4. The molecule has 0 fully saturated rings. The lowest BCUT2D eigenvalue weighted by Gasteiger charge is -2.06. The molecular weight excluding hydrogens is 259 g/mol. The van der Waals surface area contributed by atoms with Crippen molar-refractivity contribution in [3.63, 3.8) is 0 Å². The quantitative estimate of drug-likeness (QED) is 0.681. The molecule has 0 aliphatic heterocycles. The van der Waals surface area contributed by atoms with Crippen LogP contribution in [0.3, 0.4) is 0 Å². The van der Waals surface area contributed by atoms with Gasteiger partial charge >= 0.3 is 0 Å². The van der Waals surface area contributed by atoms with Crippen LogP contribution in [-0.4, -0.2) is 0 Å². The summed E-state index contributed by atoms with van der Waals surface area (Å²) in [4.78, 5) is 1.05. The van der Waals surface area contributed by atoms with Crippen molar-refractivity contribution in [3.8, 4) is 6.07 Å². The molecule has 0 aliphatic carbocycles. The average molecular weight is 272 g/mol. The molecule has 0 bridgehead atoms. The van der Waals surface area contributed by atoms with Crippen LogP contribution < -0.4 is 5.73 Å². The number of nitrogens with two attached hydrogens (primary N) is 1. The van der Waals surface area contributed by atoms with E-state index in [9.17, 15) is 4.39 Å². The van der Waals surface area contributed by atoms with E-state index < -0.39 is 0 Å². The first-order valence-corrected chi connectivity index (χ1v) is 6.76. The summed E-state index contributed by atoms with van der Waals surface area (Å²) >= 11 is 1.55. The number of thioether (sulfide) groups is 1. The van der Waals surface area contributed by atoms with E-state index in [-0.39, 0.29) is 5.82 Å². The third-order valence-corrected chi connectivity index (χ3v) is 3.86. The summed E-state index contributed by atoms with van der Waals surface area (Å²) < 4.78 is 13.7. The Kier molecular flexibility index (Phi) is 4.08. The molecule has 0 amide bonds. The molecule has 2 N–H and O–H groups in total. The molecule has 2 aromatic carbocycles. The third kappa shape index (κ3) is 3.27. The SMILES string of the molecule is Cc1cc(SCc2ccc(C#N)cc2F)ccc1N. The lowest BCUT2D eigenvalue weighted by molar-refractivity contribution is 0.617. The van der Waals surface area contributed by atoms with Crippen molar-refractivity contribution >= 4 is 17.4 Å². The standard InChI is InChI=1S/C15H13FN2S/c1-10-6-13(4-5-15(10)18)19-9-12-3-2-11(8-17)7-14(12)16/h2-7H,9,18H2,1H3. The van der Waals surface area contributed by atoms with Gasteiger partial charge in [0.05, 0.1) is 11.6 Å². The van der Waals surface area contributed by atoms with E-state index in [4.69, 9.17) is 11.0 Å². The first-order valence-electron chi connectivity index (χ1n) is 5.77. The molecule has 0 aliphatic rings. The van der Waals surface area contributed by atoms with Crippen LogP contribution in [0.5, 0.6) is 0 Å². The van der Waals surface area contributed by atoms with Crippen LogP contribution in [0.4, 0.5) is 10.1 Å². The number of rotatable bonds is 3. The fourth-order valence-electron chi connectivity index (χ4n) is 1.63. The first-order chi connectivity index (χ1) is 9.10. The Morgan fingerprint density at radius 3 is 2.68 bits per heavy atom. The molecule has 2 rings (SSSR count). The smallest absolute Gasteiger partial charge is 0.128 e. The van der Waals surface area contributed by atoms with E-state index in [0.29, 0.717) is 16.9 Å². The molecule has 0 unspecified atom stereocenters. The van der Waals surface area contributed by atoms with Crippen LogP contribution in [0.2, 0.25) is 0 Å². The minimum Gasteiger partial charge on any atom is -0.399 e. The van der Waals surface area contributed by atoms with Gasteiger partial charge in [-0.25, -0.2) is 4.39 Å². The summed E-state index contributed by atoms with van der Waals surface area (Å²) in [5.41, 5.74) is 8.47. The van der Waals surface area contributed by atoms with Crippen molar-refractivity contribution in [3.05, 3.63) is 58.9 Å². The van der Waals surface area contributed by atoms with Crippen molar-refractivity contribution in [1.82, 2.24) is 0 Å². The summed E-state index contributed by atoms with van der Waals surface area (Å²) in [5.74, 6) is 0.194. The highest BCUT2D eigenvalue weighted by Gasteiger charge is 2.05. The second-order valence-corrected chi connectivity index (χ2v) is 5.27. The lowest BCUT2D eigenvalue weighted by Crippen LogP contribution is -1.91. The second-order valence-electron chi connectivity index (χ2n) is 4.23. The molecule has 2 aromatic rings. The van der Waals surface area contributed by atoms with Gasteiger partial charge < -0.3 is 5.73 Å². The number of aryl methyl sites for hydroxylation is 1. The molecule has 0 heterocycles. The third-order valence-electron chi connectivity index (χ3n) is 2.82. The van der Waals surface area contributed by atoms with Gasteiger partial charge in [-0.3, -0.25) is 0 Å². The van der Waals surface area contributed by atoms with Gasteiger partial charge in [0.2, 0.25) is 0 Å². The van der Waals surface area contributed by atoms with Crippen LogP contribution in [0.15, 0.2) is 41.3 Å². The summed E-state index contributed by atoms with van der Waals surface area (Å²) in [7, 11) is 0. The Morgan fingerprint density at radius 2 is 2.05 bits per heavy atom. The number of halogens is 1. The molecule has 0 saturated carbocycles. The summed E-state index contributed by atoms with van der Waals surface area (Å²) in [6.45, 7) is 1.95. The van der Waals surface area contributed by atoms with E-state index in [2.05, 4.69) is 0 Å². The maximum Gasteiger partial charge on any atom is 0.128 e. The predicted molar refractivity (Wildman–Crippen MR) is 76.3 cm³/mol. The Balaban J connectivity index is 2.10. The number of nitrogens with zero attached hydrogens (tertiary/aromatic N) is 1. The Bertz CT molecular complexity index is 647. The minimum absolute atomic E-state index is 0.335. The van der Waals surface area contributed by atoms with Gasteiger partial charge in [-0.05, 0) is 48.4 Å². The fraction of sp³-hybridized carbons (Fsp3) is 0.133. The average Bonchev–Trinajstić information content (AvgIpc) is 2.41. The fourth-order valence-corrected chi connectivity index (χ4v) is 2.61. The van der Waals surface area contributed by atoms with E-state index in [0.717, 1.165) is 16.1 Å². The monoisotopic (exact) mass is 272 g/mol. The van der Waals surface area contributed by atoms with Gasteiger partial charge in [0.1, 0.15) is 5.82 Å². The zero-order valence-corrected chi connectivity index (χ0v) is 11.3. The van der Waals surface area contributed by atoms with Crippen molar-refractivity contribution in [2.45, 2.75) is 17.6 Å². The van der Waals surface area contributed by atoms with Crippen LogP contribution in [0.1, 0.15) is 16.7 Å². The number of hydrogen-bond acceptors (Lipinski definition) is 3. The molecule has 19 heavy (non-hydrogen) atoms. The number of hydrogen-bond donors (Lipinski definition) is 1.